The van der Waals surface area contributed by atoms with Crippen molar-refractivity contribution in [3.63, 3.8) is 0 Å². The smallest absolute Gasteiger partial charge is 0.144 e. The second-order valence-electron chi connectivity index (χ2n) is 8.92. The van der Waals surface area contributed by atoms with Gasteiger partial charge in [0.25, 0.3) is 0 Å². The summed E-state index contributed by atoms with van der Waals surface area (Å²) in [4.78, 5) is 4.54. The largest absolute Gasteiger partial charge is 0.455 e. The molecule has 0 spiro atoms. The van der Waals surface area contributed by atoms with Crippen molar-refractivity contribution < 1.29 is 12.6 Å². The first-order valence-electron chi connectivity index (χ1n) is 14.4. The van der Waals surface area contributed by atoms with Gasteiger partial charge in [-0.15, -0.1) is 0 Å². The average molecular weight is 440 g/mol. The number of nitrogens with zero attached hydrogens (tertiary/aromatic N) is 1. The van der Waals surface area contributed by atoms with Crippen molar-refractivity contribution in [2.75, 3.05) is 0 Å². The Kier molecular flexibility index (Phi) is 3.83. The molecule has 166 valence electrons. The molecule has 0 bridgehead atoms. The van der Waals surface area contributed by atoms with E-state index in [0.717, 1.165) is 34.8 Å². The molecule has 0 aliphatic rings. The lowest BCUT2D eigenvalue weighted by atomic mass is 9.76. The fourth-order valence-electron chi connectivity index (χ4n) is 4.59. The van der Waals surface area contributed by atoms with Gasteiger partial charge in [-0.25, -0.2) is 0 Å². The van der Waals surface area contributed by atoms with Crippen LogP contribution in [0.25, 0.3) is 44.3 Å². The van der Waals surface area contributed by atoms with Gasteiger partial charge in [-0.1, -0.05) is 69.3 Å². The summed E-state index contributed by atoms with van der Waals surface area (Å²) in [5.74, 6) is 0. The van der Waals surface area contributed by atoms with Gasteiger partial charge in [-0.05, 0) is 78.0 Å². The number of benzene rings is 3. The molecule has 0 saturated heterocycles. The predicted octanol–water partition coefficient (Wildman–Crippen LogP) is 9.01. The molecule has 0 N–H and O–H groups in total. The number of pyridine rings is 1. The first-order valence-corrected chi connectivity index (χ1v) is 11.4. The third-order valence-corrected chi connectivity index (χ3v) is 7.15. The Morgan fingerprint density at radius 2 is 1.61 bits per heavy atom. The number of para-hydroxylation sites is 2. The van der Waals surface area contributed by atoms with E-state index < -0.39 is 13.7 Å². The minimum Gasteiger partial charge on any atom is -0.455 e. The molecule has 5 aromatic rings. The van der Waals surface area contributed by atoms with E-state index >= 15 is 0 Å². The second kappa shape index (κ2) is 8.19. The van der Waals surface area contributed by atoms with Crippen LogP contribution >= 0.6 is 0 Å². The second-order valence-corrected chi connectivity index (χ2v) is 8.92. The van der Waals surface area contributed by atoms with Crippen LogP contribution in [0.4, 0.5) is 0 Å². The van der Waals surface area contributed by atoms with Crippen LogP contribution in [0.5, 0.6) is 0 Å². The van der Waals surface area contributed by atoms with E-state index in [-0.39, 0.29) is 16.5 Å². The van der Waals surface area contributed by atoms with Crippen molar-refractivity contribution in [1.82, 2.24) is 4.98 Å². The molecule has 2 aromatic heterocycles. The summed E-state index contributed by atoms with van der Waals surface area (Å²) in [6, 6.07) is 20.6. The number of aryl methyl sites for hydroxylation is 2. The van der Waals surface area contributed by atoms with E-state index in [2.05, 4.69) is 25.8 Å². The zero-order chi connectivity index (χ0) is 28.2. The highest BCUT2D eigenvalue weighted by Crippen LogP contribution is 2.38. The van der Waals surface area contributed by atoms with E-state index in [9.17, 15) is 0 Å². The summed E-state index contributed by atoms with van der Waals surface area (Å²) in [6.45, 7) is 1.37. The molecular formula is C31H31NO. The Labute approximate surface area is 204 Å². The molecule has 0 amide bonds. The van der Waals surface area contributed by atoms with Crippen molar-refractivity contribution in [1.29, 1.82) is 0 Å². The Hall–Kier alpha value is -3.39. The number of furan rings is 1. The van der Waals surface area contributed by atoms with Crippen molar-refractivity contribution >= 4 is 21.9 Å². The predicted molar refractivity (Wildman–Crippen MR) is 140 cm³/mol. The fourth-order valence-corrected chi connectivity index (χ4v) is 4.59. The Morgan fingerprint density at radius 3 is 2.39 bits per heavy atom. The Morgan fingerprint density at radius 1 is 0.818 bits per heavy atom. The topological polar surface area (TPSA) is 26.0 Å². The zero-order valence-corrected chi connectivity index (χ0v) is 19.2. The van der Waals surface area contributed by atoms with E-state index in [1.165, 1.54) is 6.20 Å². The van der Waals surface area contributed by atoms with Crippen LogP contribution in [0.1, 0.15) is 58.5 Å². The van der Waals surface area contributed by atoms with Crippen molar-refractivity contribution in [2.24, 2.45) is 0 Å². The molecule has 33 heavy (non-hydrogen) atoms. The van der Waals surface area contributed by atoms with E-state index in [1.54, 1.807) is 18.2 Å². The highest BCUT2D eigenvalue weighted by atomic mass is 16.3. The number of hydrogen-bond acceptors (Lipinski definition) is 2. The van der Waals surface area contributed by atoms with Gasteiger partial charge in [-0.3, -0.25) is 4.98 Å². The Bertz CT molecular complexity index is 1670. The van der Waals surface area contributed by atoms with Crippen molar-refractivity contribution in [3.8, 4) is 22.4 Å². The minimum absolute atomic E-state index is 0.00928. The molecule has 0 radical (unpaired) electrons. The van der Waals surface area contributed by atoms with Crippen molar-refractivity contribution in [2.45, 2.75) is 52.7 Å². The van der Waals surface area contributed by atoms with E-state index in [1.807, 2.05) is 48.5 Å². The first-order chi connectivity index (χ1) is 18.4. The summed E-state index contributed by atoms with van der Waals surface area (Å²) in [5, 5.41) is 1.90. The molecule has 0 atom stereocenters. The van der Waals surface area contributed by atoms with Gasteiger partial charge in [0.15, 0.2) is 0 Å². The molecule has 0 aliphatic heterocycles. The molecule has 0 saturated carbocycles. The molecule has 2 nitrogen and oxygen atoms in total. The lowest BCUT2D eigenvalue weighted by molar-refractivity contribution is 0.439. The summed E-state index contributed by atoms with van der Waals surface area (Å²) < 4.78 is 55.9. The van der Waals surface area contributed by atoms with Crippen molar-refractivity contribution in [3.05, 3.63) is 89.6 Å². The maximum absolute atomic E-state index is 8.35. The van der Waals surface area contributed by atoms with Crippen LogP contribution in [0, 0.1) is 13.7 Å². The lowest BCUT2D eigenvalue weighted by Crippen LogP contribution is -2.19. The van der Waals surface area contributed by atoms with Crippen LogP contribution in [-0.2, 0) is 5.41 Å². The molecule has 0 fully saturated rings. The molecule has 2 heteroatoms. The molecule has 5 rings (SSSR count). The van der Waals surface area contributed by atoms with Crippen LogP contribution in [0.2, 0.25) is 0 Å². The SMILES string of the molecule is [2H]C([2H])([2H])c1cnc(-c2cccc3c2oc2ccccc23)cc1-c1ccc(C(C)(CC)CC)cc1C([2H])([2H])[2H]. The molecule has 0 aliphatic carbocycles. The maximum atomic E-state index is 8.35. The summed E-state index contributed by atoms with van der Waals surface area (Å²) in [5.41, 5.74) is 4.20. The van der Waals surface area contributed by atoms with Crippen LogP contribution in [-0.4, -0.2) is 4.98 Å². The van der Waals surface area contributed by atoms with Gasteiger partial charge < -0.3 is 4.42 Å². The van der Waals surface area contributed by atoms with Gasteiger partial charge in [0.05, 0.1) is 5.69 Å². The summed E-state index contributed by atoms with van der Waals surface area (Å²) >= 11 is 0. The van der Waals surface area contributed by atoms with E-state index in [0.29, 0.717) is 28.0 Å². The highest BCUT2D eigenvalue weighted by Gasteiger charge is 2.23. The van der Waals surface area contributed by atoms with Gasteiger partial charge in [0, 0.05) is 30.8 Å². The minimum atomic E-state index is -2.49. The van der Waals surface area contributed by atoms with Gasteiger partial charge in [0.1, 0.15) is 11.2 Å². The quantitative estimate of drug-likeness (QED) is 0.273. The molecule has 3 aromatic carbocycles. The first kappa shape index (κ1) is 15.4. The average Bonchev–Trinajstić information content (AvgIpc) is 3.30. The zero-order valence-electron chi connectivity index (χ0n) is 25.2. The van der Waals surface area contributed by atoms with E-state index in [4.69, 9.17) is 12.6 Å². The highest BCUT2D eigenvalue weighted by molar-refractivity contribution is 6.09. The normalized spacial score (nSPS) is 15.5. The maximum Gasteiger partial charge on any atom is 0.144 e. The van der Waals surface area contributed by atoms with Gasteiger partial charge >= 0.3 is 0 Å². The number of fused-ring (bicyclic) bond motifs is 3. The number of aromatic nitrogens is 1. The fraction of sp³-hybridized carbons (Fsp3) is 0.258. The van der Waals surface area contributed by atoms with Crippen LogP contribution in [0.15, 0.2) is 77.3 Å². The van der Waals surface area contributed by atoms with Gasteiger partial charge in [0.2, 0.25) is 0 Å². The molecule has 2 heterocycles. The standard InChI is InChI=1S/C31H31NO/c1-6-31(5,7-2)22-15-16-23(20(3)17-22)27-18-28(32-19-21(27)4)26-13-10-12-25-24-11-8-9-14-29(24)33-30(25)26/h8-19H,6-7H2,1-5H3/i3D3,4D3. The number of hydrogen-bond donors (Lipinski definition) is 0. The molecule has 0 unspecified atom stereocenters. The third-order valence-electron chi connectivity index (χ3n) is 7.15. The number of rotatable bonds is 5. The van der Waals surface area contributed by atoms with Gasteiger partial charge in [-0.2, -0.15) is 0 Å². The lowest BCUT2D eigenvalue weighted by Gasteiger charge is -2.28. The van der Waals surface area contributed by atoms with Crippen LogP contribution < -0.4 is 0 Å². The van der Waals surface area contributed by atoms with Crippen LogP contribution in [0.3, 0.4) is 0 Å². The summed E-state index contributed by atoms with van der Waals surface area (Å²) in [7, 11) is 0. The summed E-state index contributed by atoms with van der Waals surface area (Å²) in [6.07, 6.45) is 3.05. The molecular weight excluding hydrogens is 402 g/mol. The monoisotopic (exact) mass is 439 g/mol. The Balaban J connectivity index is 1.78. The third kappa shape index (κ3) is 3.54.